The third-order valence-corrected chi connectivity index (χ3v) is 3.92. The van der Waals surface area contributed by atoms with Crippen LogP contribution in [0.15, 0.2) is 30.3 Å². The number of likely N-dealkylation sites (N-methyl/N-ethyl adjacent to an activating group) is 1. The number of nitrogens with zero attached hydrogens (tertiary/aromatic N) is 2. The monoisotopic (exact) mass is 262 g/mol. The van der Waals surface area contributed by atoms with E-state index in [0.717, 1.165) is 19.6 Å². The fourth-order valence-electron chi connectivity index (χ4n) is 2.74. The number of hydrogen-bond acceptors (Lipinski definition) is 3. The van der Waals surface area contributed by atoms with E-state index < -0.39 is 5.97 Å². The van der Waals surface area contributed by atoms with Crippen LogP contribution in [-0.4, -0.2) is 53.1 Å². The Kier molecular flexibility index (Phi) is 4.56. The fraction of sp³-hybridized carbons (Fsp3) is 0.533. The summed E-state index contributed by atoms with van der Waals surface area (Å²) >= 11 is 0. The standard InChI is InChI=1S/C15H22N2O2/c1-12-9-17(10-13-6-4-3-5-7-13)11-14(16(12)2)8-15(18)19/h3-7,12,14H,8-11H2,1-2H3,(H,18,19)/t12-,14+/m1/s1. The number of rotatable bonds is 4. The molecule has 1 N–H and O–H groups in total. The van der Waals surface area contributed by atoms with Crippen molar-refractivity contribution < 1.29 is 9.90 Å². The molecule has 0 unspecified atom stereocenters. The lowest BCUT2D eigenvalue weighted by Crippen LogP contribution is -2.56. The van der Waals surface area contributed by atoms with Crippen LogP contribution in [-0.2, 0) is 11.3 Å². The molecule has 0 amide bonds. The van der Waals surface area contributed by atoms with Gasteiger partial charge in [0.05, 0.1) is 6.42 Å². The molecule has 19 heavy (non-hydrogen) atoms. The lowest BCUT2D eigenvalue weighted by molar-refractivity contribution is -0.139. The summed E-state index contributed by atoms with van der Waals surface area (Å²) in [6.45, 7) is 4.87. The molecule has 0 saturated carbocycles. The van der Waals surface area contributed by atoms with E-state index in [-0.39, 0.29) is 12.5 Å². The van der Waals surface area contributed by atoms with Gasteiger partial charge in [0.1, 0.15) is 0 Å². The molecule has 1 aromatic rings. The minimum absolute atomic E-state index is 0.102. The number of carboxylic acids is 1. The van der Waals surface area contributed by atoms with Crippen LogP contribution in [0.5, 0.6) is 0 Å². The van der Waals surface area contributed by atoms with Gasteiger partial charge in [-0.3, -0.25) is 14.6 Å². The topological polar surface area (TPSA) is 43.8 Å². The summed E-state index contributed by atoms with van der Waals surface area (Å²) in [5.74, 6) is -0.717. The molecule has 4 heteroatoms. The van der Waals surface area contributed by atoms with E-state index in [2.05, 4.69) is 28.9 Å². The van der Waals surface area contributed by atoms with Crippen molar-refractivity contribution in [3.63, 3.8) is 0 Å². The summed E-state index contributed by atoms with van der Waals surface area (Å²) in [7, 11) is 2.03. The Morgan fingerprint density at radius 1 is 1.32 bits per heavy atom. The first kappa shape index (κ1) is 14.0. The molecular weight excluding hydrogens is 240 g/mol. The van der Waals surface area contributed by atoms with Gasteiger partial charge < -0.3 is 5.11 Å². The van der Waals surface area contributed by atoms with Crippen LogP contribution < -0.4 is 0 Å². The molecule has 4 nitrogen and oxygen atoms in total. The highest BCUT2D eigenvalue weighted by molar-refractivity contribution is 5.67. The fourth-order valence-corrected chi connectivity index (χ4v) is 2.74. The number of carboxylic acid groups (broad SMARTS) is 1. The van der Waals surface area contributed by atoms with Gasteiger partial charge in [0.2, 0.25) is 0 Å². The Hall–Kier alpha value is -1.39. The first-order valence-corrected chi connectivity index (χ1v) is 6.76. The largest absolute Gasteiger partial charge is 0.481 e. The van der Waals surface area contributed by atoms with Crippen LogP contribution in [0.2, 0.25) is 0 Å². The number of piperazine rings is 1. The molecule has 0 aliphatic carbocycles. The summed E-state index contributed by atoms with van der Waals surface area (Å²) in [5, 5.41) is 9.00. The summed E-state index contributed by atoms with van der Waals surface area (Å²) in [5.41, 5.74) is 1.29. The van der Waals surface area contributed by atoms with E-state index in [1.54, 1.807) is 0 Å². The quantitative estimate of drug-likeness (QED) is 0.896. The van der Waals surface area contributed by atoms with Crippen LogP contribution in [0.25, 0.3) is 0 Å². The predicted molar refractivity (Wildman–Crippen MR) is 75.0 cm³/mol. The second-order valence-corrected chi connectivity index (χ2v) is 5.45. The van der Waals surface area contributed by atoms with Gasteiger partial charge in [-0.2, -0.15) is 0 Å². The molecule has 0 spiro atoms. The molecule has 1 fully saturated rings. The third kappa shape index (κ3) is 3.78. The zero-order valence-electron chi connectivity index (χ0n) is 11.6. The SMILES string of the molecule is C[C@@H]1CN(Cc2ccccc2)C[C@H](CC(=O)O)N1C. The normalized spacial score (nSPS) is 25.4. The van der Waals surface area contributed by atoms with Gasteiger partial charge in [0.15, 0.2) is 0 Å². The summed E-state index contributed by atoms with van der Waals surface area (Å²) < 4.78 is 0. The zero-order valence-corrected chi connectivity index (χ0v) is 11.6. The van der Waals surface area contributed by atoms with Crippen LogP contribution in [0, 0.1) is 0 Å². The van der Waals surface area contributed by atoms with Gasteiger partial charge in [-0.1, -0.05) is 30.3 Å². The maximum absolute atomic E-state index is 10.9. The Morgan fingerprint density at radius 3 is 2.63 bits per heavy atom. The highest BCUT2D eigenvalue weighted by Gasteiger charge is 2.30. The van der Waals surface area contributed by atoms with Crippen molar-refractivity contribution in [3.8, 4) is 0 Å². The maximum Gasteiger partial charge on any atom is 0.304 e. The number of hydrogen-bond donors (Lipinski definition) is 1. The van der Waals surface area contributed by atoms with Gasteiger partial charge in [0.25, 0.3) is 0 Å². The van der Waals surface area contributed by atoms with E-state index in [1.165, 1.54) is 5.56 Å². The first-order chi connectivity index (χ1) is 9.06. The van der Waals surface area contributed by atoms with Crippen LogP contribution in [0.1, 0.15) is 18.9 Å². The second kappa shape index (κ2) is 6.17. The zero-order chi connectivity index (χ0) is 13.8. The molecule has 1 saturated heterocycles. The lowest BCUT2D eigenvalue weighted by atomic mass is 10.0. The Balaban J connectivity index is 2.00. The molecule has 1 aliphatic rings. The van der Waals surface area contributed by atoms with E-state index in [0.29, 0.717) is 6.04 Å². The maximum atomic E-state index is 10.9. The molecule has 2 rings (SSSR count). The molecule has 2 atom stereocenters. The molecule has 1 aromatic carbocycles. The highest BCUT2D eigenvalue weighted by atomic mass is 16.4. The number of carbonyl (C=O) groups is 1. The summed E-state index contributed by atoms with van der Waals surface area (Å²) in [6.07, 6.45) is 0.214. The Labute approximate surface area is 114 Å². The molecule has 1 aliphatic heterocycles. The predicted octanol–water partition coefficient (Wildman–Crippen LogP) is 1.67. The van der Waals surface area contributed by atoms with Crippen molar-refractivity contribution >= 4 is 5.97 Å². The van der Waals surface area contributed by atoms with Gasteiger partial charge in [-0.05, 0) is 19.5 Å². The number of benzene rings is 1. The van der Waals surface area contributed by atoms with Crippen molar-refractivity contribution in [2.45, 2.75) is 32.0 Å². The van der Waals surface area contributed by atoms with Crippen molar-refractivity contribution in [1.82, 2.24) is 9.80 Å². The summed E-state index contributed by atoms with van der Waals surface area (Å²) in [6, 6.07) is 10.8. The van der Waals surface area contributed by atoms with Gasteiger partial charge in [0, 0.05) is 31.7 Å². The van der Waals surface area contributed by atoms with Gasteiger partial charge in [-0.25, -0.2) is 0 Å². The second-order valence-electron chi connectivity index (χ2n) is 5.45. The Bertz CT molecular complexity index is 421. The first-order valence-electron chi connectivity index (χ1n) is 6.76. The van der Waals surface area contributed by atoms with Crippen LogP contribution in [0.4, 0.5) is 0 Å². The van der Waals surface area contributed by atoms with E-state index in [9.17, 15) is 4.79 Å². The highest BCUT2D eigenvalue weighted by Crippen LogP contribution is 2.18. The molecule has 0 bridgehead atoms. The van der Waals surface area contributed by atoms with E-state index >= 15 is 0 Å². The third-order valence-electron chi connectivity index (χ3n) is 3.92. The molecule has 0 radical (unpaired) electrons. The average Bonchev–Trinajstić information content (AvgIpc) is 2.36. The van der Waals surface area contributed by atoms with Crippen molar-refractivity contribution in [3.05, 3.63) is 35.9 Å². The number of aliphatic carboxylic acids is 1. The van der Waals surface area contributed by atoms with E-state index in [4.69, 9.17) is 5.11 Å². The lowest BCUT2D eigenvalue weighted by Gasteiger charge is -2.43. The van der Waals surface area contributed by atoms with E-state index in [1.807, 2.05) is 25.2 Å². The average molecular weight is 262 g/mol. The van der Waals surface area contributed by atoms with Crippen molar-refractivity contribution in [1.29, 1.82) is 0 Å². The Morgan fingerprint density at radius 2 is 2.00 bits per heavy atom. The minimum Gasteiger partial charge on any atom is -0.481 e. The summed E-state index contributed by atoms with van der Waals surface area (Å²) in [4.78, 5) is 15.5. The van der Waals surface area contributed by atoms with Gasteiger partial charge >= 0.3 is 5.97 Å². The molecular formula is C15H22N2O2. The van der Waals surface area contributed by atoms with Crippen LogP contribution in [0.3, 0.4) is 0 Å². The van der Waals surface area contributed by atoms with Crippen molar-refractivity contribution in [2.75, 3.05) is 20.1 Å². The van der Waals surface area contributed by atoms with Crippen molar-refractivity contribution in [2.24, 2.45) is 0 Å². The smallest absolute Gasteiger partial charge is 0.304 e. The molecule has 0 aromatic heterocycles. The molecule has 1 heterocycles. The van der Waals surface area contributed by atoms with Gasteiger partial charge in [-0.15, -0.1) is 0 Å². The van der Waals surface area contributed by atoms with Crippen LogP contribution >= 0.6 is 0 Å². The minimum atomic E-state index is -0.717. The molecule has 104 valence electrons.